The SMILES string of the molecule is Cl.Nc1cccc(CC(=O)NCCN2CCCC2)c1. The number of hydrogen-bond donors (Lipinski definition) is 2. The summed E-state index contributed by atoms with van der Waals surface area (Å²) in [6.45, 7) is 4.04. The first-order valence-electron chi connectivity index (χ1n) is 6.57. The van der Waals surface area contributed by atoms with Gasteiger partial charge in [0.1, 0.15) is 0 Å². The fourth-order valence-electron chi connectivity index (χ4n) is 2.31. The second kappa shape index (κ2) is 8.02. The summed E-state index contributed by atoms with van der Waals surface area (Å²) in [7, 11) is 0. The van der Waals surface area contributed by atoms with Crippen molar-refractivity contribution in [3.05, 3.63) is 29.8 Å². The number of rotatable bonds is 5. The number of nitrogens with two attached hydrogens (primary N) is 1. The molecule has 1 amide bonds. The van der Waals surface area contributed by atoms with Crippen molar-refractivity contribution in [1.82, 2.24) is 10.2 Å². The van der Waals surface area contributed by atoms with Crippen LogP contribution in [0.15, 0.2) is 24.3 Å². The van der Waals surface area contributed by atoms with E-state index in [0.29, 0.717) is 12.1 Å². The van der Waals surface area contributed by atoms with Crippen molar-refractivity contribution in [3.63, 3.8) is 0 Å². The minimum atomic E-state index is 0. The van der Waals surface area contributed by atoms with Crippen molar-refractivity contribution in [1.29, 1.82) is 0 Å². The summed E-state index contributed by atoms with van der Waals surface area (Å²) in [5, 5.41) is 2.96. The van der Waals surface area contributed by atoms with Gasteiger partial charge in [-0.15, -0.1) is 12.4 Å². The molecule has 0 atom stereocenters. The van der Waals surface area contributed by atoms with Crippen LogP contribution in [-0.4, -0.2) is 37.0 Å². The summed E-state index contributed by atoms with van der Waals surface area (Å²) in [6.07, 6.45) is 2.99. The van der Waals surface area contributed by atoms with Gasteiger partial charge in [0.25, 0.3) is 0 Å². The van der Waals surface area contributed by atoms with Gasteiger partial charge in [-0.2, -0.15) is 0 Å². The predicted molar refractivity (Wildman–Crippen MR) is 80.5 cm³/mol. The first kappa shape index (κ1) is 15.8. The highest BCUT2D eigenvalue weighted by molar-refractivity contribution is 5.85. The van der Waals surface area contributed by atoms with Crippen LogP contribution in [0.5, 0.6) is 0 Å². The third kappa shape index (κ3) is 5.49. The van der Waals surface area contributed by atoms with Gasteiger partial charge in [-0.3, -0.25) is 4.79 Å². The van der Waals surface area contributed by atoms with Crippen LogP contribution in [-0.2, 0) is 11.2 Å². The van der Waals surface area contributed by atoms with E-state index in [1.165, 1.54) is 25.9 Å². The maximum atomic E-state index is 11.7. The molecule has 5 heteroatoms. The molecule has 0 bridgehead atoms. The Kier molecular flexibility index (Phi) is 6.67. The van der Waals surface area contributed by atoms with E-state index in [9.17, 15) is 4.79 Å². The average Bonchev–Trinajstić information content (AvgIpc) is 2.82. The molecular weight excluding hydrogens is 262 g/mol. The number of nitrogen functional groups attached to an aromatic ring is 1. The lowest BCUT2D eigenvalue weighted by Gasteiger charge is -2.14. The van der Waals surface area contributed by atoms with Crippen LogP contribution in [0.3, 0.4) is 0 Å². The molecule has 4 nitrogen and oxygen atoms in total. The zero-order valence-corrected chi connectivity index (χ0v) is 11.9. The Balaban J connectivity index is 0.00000180. The van der Waals surface area contributed by atoms with Gasteiger partial charge in [0.2, 0.25) is 5.91 Å². The first-order valence-corrected chi connectivity index (χ1v) is 6.57. The molecule has 1 saturated heterocycles. The zero-order chi connectivity index (χ0) is 12.8. The number of nitrogens with zero attached hydrogens (tertiary/aromatic N) is 1. The molecule has 1 heterocycles. The van der Waals surface area contributed by atoms with Gasteiger partial charge in [-0.1, -0.05) is 12.1 Å². The number of carbonyl (C=O) groups is 1. The highest BCUT2D eigenvalue weighted by Gasteiger charge is 2.11. The molecule has 0 radical (unpaired) electrons. The third-order valence-electron chi connectivity index (χ3n) is 3.26. The predicted octanol–water partition coefficient (Wildman–Crippen LogP) is 1.45. The van der Waals surface area contributed by atoms with E-state index in [1.54, 1.807) is 0 Å². The molecule has 106 valence electrons. The summed E-state index contributed by atoms with van der Waals surface area (Å²) in [5.41, 5.74) is 7.35. The molecule has 3 N–H and O–H groups in total. The van der Waals surface area contributed by atoms with Crippen molar-refractivity contribution in [2.75, 3.05) is 31.9 Å². The third-order valence-corrected chi connectivity index (χ3v) is 3.26. The second-order valence-corrected chi connectivity index (χ2v) is 4.82. The van der Waals surface area contributed by atoms with E-state index in [1.807, 2.05) is 24.3 Å². The van der Waals surface area contributed by atoms with Gasteiger partial charge in [0.15, 0.2) is 0 Å². The van der Waals surface area contributed by atoms with Gasteiger partial charge < -0.3 is 16.0 Å². The minimum absolute atomic E-state index is 0. The maximum absolute atomic E-state index is 11.7. The highest BCUT2D eigenvalue weighted by Crippen LogP contribution is 2.07. The van der Waals surface area contributed by atoms with Crippen molar-refractivity contribution < 1.29 is 4.79 Å². The van der Waals surface area contributed by atoms with Crippen LogP contribution in [0.4, 0.5) is 5.69 Å². The molecular formula is C14H22ClN3O. The summed E-state index contributed by atoms with van der Waals surface area (Å²) in [5.74, 6) is 0.0693. The monoisotopic (exact) mass is 283 g/mol. The molecule has 0 aromatic heterocycles. The topological polar surface area (TPSA) is 58.4 Å². The van der Waals surface area contributed by atoms with E-state index in [4.69, 9.17) is 5.73 Å². The average molecular weight is 284 g/mol. The number of nitrogens with one attached hydrogen (secondary N) is 1. The van der Waals surface area contributed by atoms with Crippen molar-refractivity contribution in [2.24, 2.45) is 0 Å². The molecule has 1 aliphatic rings. The van der Waals surface area contributed by atoms with E-state index in [0.717, 1.165) is 18.7 Å². The number of carbonyl (C=O) groups excluding carboxylic acids is 1. The van der Waals surface area contributed by atoms with Gasteiger partial charge in [0.05, 0.1) is 6.42 Å². The lowest BCUT2D eigenvalue weighted by Crippen LogP contribution is -2.34. The summed E-state index contributed by atoms with van der Waals surface area (Å²) in [6, 6.07) is 7.48. The summed E-state index contributed by atoms with van der Waals surface area (Å²) in [4.78, 5) is 14.1. The molecule has 2 rings (SSSR count). The van der Waals surface area contributed by atoms with Crippen LogP contribution in [0.25, 0.3) is 0 Å². The Morgan fingerprint density at radius 1 is 1.32 bits per heavy atom. The Morgan fingerprint density at radius 2 is 2.05 bits per heavy atom. The molecule has 19 heavy (non-hydrogen) atoms. The maximum Gasteiger partial charge on any atom is 0.224 e. The highest BCUT2D eigenvalue weighted by atomic mass is 35.5. The summed E-state index contributed by atoms with van der Waals surface area (Å²) >= 11 is 0. The number of anilines is 1. The van der Waals surface area contributed by atoms with Gasteiger partial charge in [-0.25, -0.2) is 0 Å². The molecule has 0 aliphatic carbocycles. The Hall–Kier alpha value is -1.26. The van der Waals surface area contributed by atoms with Gasteiger partial charge >= 0.3 is 0 Å². The number of amides is 1. The van der Waals surface area contributed by atoms with E-state index < -0.39 is 0 Å². The van der Waals surface area contributed by atoms with Gasteiger partial charge in [-0.05, 0) is 43.6 Å². The van der Waals surface area contributed by atoms with Crippen LogP contribution in [0, 0.1) is 0 Å². The van der Waals surface area contributed by atoms with E-state index in [-0.39, 0.29) is 18.3 Å². The van der Waals surface area contributed by atoms with Crippen LogP contribution < -0.4 is 11.1 Å². The number of benzene rings is 1. The second-order valence-electron chi connectivity index (χ2n) is 4.82. The van der Waals surface area contributed by atoms with Crippen LogP contribution >= 0.6 is 12.4 Å². The van der Waals surface area contributed by atoms with Gasteiger partial charge in [0, 0.05) is 18.8 Å². The first-order chi connectivity index (χ1) is 8.74. The zero-order valence-electron chi connectivity index (χ0n) is 11.1. The minimum Gasteiger partial charge on any atom is -0.399 e. The quantitative estimate of drug-likeness (QED) is 0.804. The standard InChI is InChI=1S/C14H21N3O.ClH/c15-13-5-3-4-12(10-13)11-14(18)16-6-9-17-7-1-2-8-17;/h3-5,10H,1-2,6-9,11,15H2,(H,16,18);1H. The molecule has 0 spiro atoms. The number of likely N-dealkylation sites (tertiary alicyclic amines) is 1. The Bertz CT molecular complexity index is 405. The Labute approximate surface area is 120 Å². The van der Waals surface area contributed by atoms with Crippen molar-refractivity contribution in [2.45, 2.75) is 19.3 Å². The number of hydrogen-bond acceptors (Lipinski definition) is 3. The normalized spacial score (nSPS) is 14.9. The van der Waals surface area contributed by atoms with Crippen molar-refractivity contribution >= 4 is 24.0 Å². The summed E-state index contributed by atoms with van der Waals surface area (Å²) < 4.78 is 0. The molecule has 1 fully saturated rings. The fraction of sp³-hybridized carbons (Fsp3) is 0.500. The smallest absolute Gasteiger partial charge is 0.224 e. The van der Waals surface area contributed by atoms with E-state index in [2.05, 4.69) is 10.2 Å². The molecule has 1 aliphatic heterocycles. The molecule has 1 aromatic rings. The van der Waals surface area contributed by atoms with Crippen LogP contribution in [0.2, 0.25) is 0 Å². The molecule has 0 saturated carbocycles. The Morgan fingerprint density at radius 3 is 2.74 bits per heavy atom. The lowest BCUT2D eigenvalue weighted by atomic mass is 10.1. The van der Waals surface area contributed by atoms with Crippen LogP contribution in [0.1, 0.15) is 18.4 Å². The largest absolute Gasteiger partial charge is 0.399 e. The van der Waals surface area contributed by atoms with E-state index >= 15 is 0 Å². The molecule has 1 aromatic carbocycles. The lowest BCUT2D eigenvalue weighted by molar-refractivity contribution is -0.120. The molecule has 0 unspecified atom stereocenters. The fourth-order valence-corrected chi connectivity index (χ4v) is 2.31. The van der Waals surface area contributed by atoms with Crippen molar-refractivity contribution in [3.8, 4) is 0 Å². The number of halogens is 1.